The van der Waals surface area contributed by atoms with Crippen molar-refractivity contribution in [1.29, 1.82) is 0 Å². The van der Waals surface area contributed by atoms with E-state index in [1.54, 1.807) is 14.0 Å². The molecule has 1 amide bonds. The number of hydrogen-bond acceptors (Lipinski definition) is 5. The summed E-state index contributed by atoms with van der Waals surface area (Å²) in [7, 11) is 7.99. The van der Waals surface area contributed by atoms with Gasteiger partial charge in [0.05, 0.1) is 29.7 Å². The second-order valence-corrected chi connectivity index (χ2v) is 14.4. The molecule has 2 N–H and O–H groups in total. The molecule has 2 saturated heterocycles. The summed E-state index contributed by atoms with van der Waals surface area (Å²) in [5.74, 6) is 1.04. The van der Waals surface area contributed by atoms with Crippen molar-refractivity contribution < 1.29 is 9.53 Å². The summed E-state index contributed by atoms with van der Waals surface area (Å²) in [6.07, 6.45) is 12.7. The summed E-state index contributed by atoms with van der Waals surface area (Å²) in [4.78, 5) is 15.0. The second kappa shape index (κ2) is 21.6. The molecule has 0 spiro atoms. The Bertz CT molecular complexity index is 1500. The third-order valence-electron chi connectivity index (χ3n) is 9.39. The number of para-hydroxylation sites is 1. The number of anilines is 1. The number of carbonyl (C=O) groups excluding carboxylic acids is 1. The van der Waals surface area contributed by atoms with E-state index in [-0.39, 0.29) is 11.3 Å². The number of benzene rings is 2. The van der Waals surface area contributed by atoms with E-state index in [4.69, 9.17) is 4.74 Å². The Morgan fingerprint density at radius 3 is 2.04 bits per heavy atom. The van der Waals surface area contributed by atoms with E-state index < -0.39 is 0 Å². The molecule has 0 saturated carbocycles. The first-order chi connectivity index (χ1) is 23.9. The highest BCUT2D eigenvalue weighted by Gasteiger charge is 2.20. The van der Waals surface area contributed by atoms with Gasteiger partial charge in [0.15, 0.2) is 0 Å². The number of allylic oxidation sites excluding steroid dienone is 1. The maximum atomic E-state index is 10.7. The zero-order valence-corrected chi connectivity index (χ0v) is 33.5. The zero-order valence-electron chi connectivity index (χ0n) is 33.5. The summed E-state index contributed by atoms with van der Waals surface area (Å²) >= 11 is 0. The average Bonchev–Trinajstić information content (AvgIpc) is 3.73. The predicted octanol–water partition coefficient (Wildman–Crippen LogP) is 9.51. The van der Waals surface area contributed by atoms with Crippen LogP contribution in [0.1, 0.15) is 109 Å². The van der Waals surface area contributed by atoms with E-state index in [1.807, 2.05) is 18.0 Å². The van der Waals surface area contributed by atoms with E-state index >= 15 is 0 Å². The maximum absolute atomic E-state index is 10.7. The maximum Gasteiger partial charge on any atom is 0.219 e. The van der Waals surface area contributed by atoms with Gasteiger partial charge in [0.25, 0.3) is 0 Å². The van der Waals surface area contributed by atoms with Gasteiger partial charge in [-0.05, 0) is 120 Å². The van der Waals surface area contributed by atoms with Crippen LogP contribution in [0, 0.1) is 0 Å². The van der Waals surface area contributed by atoms with Crippen LogP contribution in [0.25, 0.3) is 22.7 Å². The first-order valence-electron chi connectivity index (χ1n) is 18.8. The predicted molar refractivity (Wildman–Crippen MR) is 218 cm³/mol. The molecular weight excluding hydrogens is 619 g/mol. The molecule has 1 aromatic heterocycles. The number of rotatable bonds is 8. The Hall–Kier alpha value is -3.55. The Balaban J connectivity index is 0.000000348. The highest BCUT2D eigenvalue weighted by Crippen LogP contribution is 2.38. The van der Waals surface area contributed by atoms with Crippen LogP contribution in [0.2, 0.25) is 0 Å². The molecule has 3 aromatic rings. The minimum absolute atomic E-state index is 0.0201. The fourth-order valence-electron chi connectivity index (χ4n) is 6.36. The van der Waals surface area contributed by atoms with Gasteiger partial charge in [-0.3, -0.25) is 4.79 Å². The van der Waals surface area contributed by atoms with Crippen molar-refractivity contribution in [1.82, 2.24) is 19.7 Å². The van der Waals surface area contributed by atoms with Crippen LogP contribution >= 0.6 is 0 Å². The number of nitrogens with one attached hydrogen (secondary N) is 2. The first-order valence-corrected chi connectivity index (χ1v) is 18.8. The van der Waals surface area contributed by atoms with Crippen molar-refractivity contribution in [3.63, 3.8) is 0 Å². The molecule has 5 rings (SSSR count). The molecule has 0 atom stereocenters. The number of hydrogen-bond donors (Lipinski definition) is 2. The molecule has 278 valence electrons. The minimum Gasteiger partial charge on any atom is -0.494 e. The van der Waals surface area contributed by atoms with Crippen LogP contribution in [-0.2, 0) is 23.7 Å². The second-order valence-electron chi connectivity index (χ2n) is 14.4. The molecule has 7 heteroatoms. The molecule has 2 fully saturated rings. The van der Waals surface area contributed by atoms with Crippen molar-refractivity contribution in [3.05, 3.63) is 71.4 Å². The Kier molecular flexibility index (Phi) is 18.4. The molecule has 50 heavy (non-hydrogen) atoms. The van der Waals surface area contributed by atoms with Crippen molar-refractivity contribution in [3.8, 4) is 5.75 Å². The third kappa shape index (κ3) is 12.6. The Morgan fingerprint density at radius 1 is 0.980 bits per heavy atom. The molecule has 2 aliphatic rings. The molecule has 2 aliphatic heterocycles. The summed E-state index contributed by atoms with van der Waals surface area (Å²) < 4.78 is 8.06. The summed E-state index contributed by atoms with van der Waals surface area (Å²) in [6.45, 7) is 24.5. The number of amides is 1. The normalized spacial score (nSPS) is 14.9. The van der Waals surface area contributed by atoms with Crippen molar-refractivity contribution in [2.24, 2.45) is 7.05 Å². The number of aromatic nitrogens is 1. The average molecular weight is 688 g/mol. The number of aryl methyl sites for hydroxylation is 2. The van der Waals surface area contributed by atoms with Crippen LogP contribution < -0.4 is 15.4 Å². The number of fused-ring (bicyclic) bond motifs is 1. The lowest BCUT2D eigenvalue weighted by molar-refractivity contribution is -0.129. The molecule has 2 aromatic carbocycles. The molecule has 0 unspecified atom stereocenters. The fraction of sp³-hybridized carbons (Fsp3) is 0.558. The van der Waals surface area contributed by atoms with Crippen molar-refractivity contribution in [2.75, 3.05) is 59.2 Å². The molecule has 0 radical (unpaired) electrons. The number of methoxy groups -OCH3 is 1. The lowest BCUT2D eigenvalue weighted by Crippen LogP contribution is -2.33. The molecular formula is C43H69N5O2. The van der Waals surface area contributed by atoms with Crippen LogP contribution in [-0.4, -0.2) is 74.2 Å². The summed E-state index contributed by atoms with van der Waals surface area (Å²) in [5, 5.41) is 7.94. The number of ether oxygens (including phenoxy) is 1. The quantitative estimate of drug-likeness (QED) is 0.247. The highest BCUT2D eigenvalue weighted by molar-refractivity contribution is 5.91. The SMILES string of the molecule is C=Cc1cc(C(C)(C)C)cc(NC(=CC)c2cc3cccc(CC)c3n2C)c1OC.CC(=O)N1CCCCC1.CCCNC.CN1CCCC1. The van der Waals surface area contributed by atoms with Crippen molar-refractivity contribution in [2.45, 2.75) is 98.8 Å². The lowest BCUT2D eigenvalue weighted by Gasteiger charge is -2.24. The lowest BCUT2D eigenvalue weighted by atomic mass is 9.85. The van der Waals surface area contributed by atoms with Gasteiger partial charge in [0.1, 0.15) is 5.75 Å². The third-order valence-corrected chi connectivity index (χ3v) is 9.39. The van der Waals surface area contributed by atoms with E-state index in [2.05, 4.69) is 125 Å². The van der Waals surface area contributed by atoms with E-state index in [0.717, 1.165) is 54.4 Å². The van der Waals surface area contributed by atoms with E-state index in [0.29, 0.717) is 0 Å². The number of nitrogens with zero attached hydrogens (tertiary/aromatic N) is 3. The first kappa shape index (κ1) is 42.6. The van der Waals surface area contributed by atoms with Gasteiger partial charge in [-0.25, -0.2) is 0 Å². The van der Waals surface area contributed by atoms with Crippen LogP contribution in [0.3, 0.4) is 0 Å². The molecule has 0 bridgehead atoms. The van der Waals surface area contributed by atoms with Gasteiger partial charge in [0, 0.05) is 38.0 Å². The van der Waals surface area contributed by atoms with Gasteiger partial charge in [0.2, 0.25) is 5.91 Å². The summed E-state index contributed by atoms with van der Waals surface area (Å²) in [6, 6.07) is 13.1. The molecule has 3 heterocycles. The zero-order chi connectivity index (χ0) is 37.3. The van der Waals surface area contributed by atoms with Crippen molar-refractivity contribution >= 4 is 34.3 Å². The van der Waals surface area contributed by atoms with Crippen LogP contribution in [0.4, 0.5) is 5.69 Å². The molecule has 7 nitrogen and oxygen atoms in total. The van der Waals surface area contributed by atoms with Gasteiger partial charge >= 0.3 is 0 Å². The molecule has 0 aliphatic carbocycles. The smallest absolute Gasteiger partial charge is 0.219 e. The Morgan fingerprint density at radius 2 is 1.62 bits per heavy atom. The van der Waals surface area contributed by atoms with Crippen LogP contribution in [0.15, 0.2) is 49.1 Å². The van der Waals surface area contributed by atoms with Gasteiger partial charge in [-0.2, -0.15) is 0 Å². The topological polar surface area (TPSA) is 61.8 Å². The monoisotopic (exact) mass is 688 g/mol. The summed E-state index contributed by atoms with van der Waals surface area (Å²) in [5.41, 5.74) is 8.05. The minimum atomic E-state index is 0.0201. The Labute approximate surface area is 305 Å². The standard InChI is InChI=1S/C27H34N2O.C7H13NO.C5H11N.C4H11N/c1-9-18-13-12-14-20-16-24(29(7)25(18)20)22(11-3)28-23-17-21(27(4,5)6)15-19(10-2)26(23)30-8;1-7(9)8-5-3-2-4-6-8;1-6-4-2-3-5-6;1-3-4-5-2/h10-17,28H,2,9H2,1,3-8H3;2-6H2,1H3;2-5H2,1H3;5H,3-4H2,1-2H3. The van der Waals surface area contributed by atoms with Crippen LogP contribution in [0.5, 0.6) is 5.75 Å². The number of carbonyl (C=O) groups is 1. The largest absolute Gasteiger partial charge is 0.494 e. The van der Waals surface area contributed by atoms with Gasteiger partial charge in [-0.15, -0.1) is 0 Å². The number of piperidine rings is 1. The van der Waals surface area contributed by atoms with Gasteiger partial charge in [-0.1, -0.05) is 71.5 Å². The highest BCUT2D eigenvalue weighted by atomic mass is 16.5. The van der Waals surface area contributed by atoms with Gasteiger partial charge < -0.3 is 29.7 Å². The fourth-order valence-corrected chi connectivity index (χ4v) is 6.36. The van der Waals surface area contributed by atoms with E-state index in [1.165, 1.54) is 73.6 Å². The van der Waals surface area contributed by atoms with E-state index in [9.17, 15) is 4.79 Å². The number of likely N-dealkylation sites (tertiary alicyclic amines) is 2.